The van der Waals surface area contributed by atoms with Crippen molar-refractivity contribution >= 4 is 11.6 Å². The highest BCUT2D eigenvalue weighted by atomic mass is 35.5. The Labute approximate surface area is 116 Å². The molecule has 0 bridgehead atoms. The summed E-state index contributed by atoms with van der Waals surface area (Å²) in [6.07, 6.45) is 5.46. The van der Waals surface area contributed by atoms with Crippen molar-refractivity contribution < 1.29 is 4.39 Å². The lowest BCUT2D eigenvalue weighted by molar-refractivity contribution is 0.525. The van der Waals surface area contributed by atoms with Crippen LogP contribution in [-0.4, -0.2) is 16.5 Å². The van der Waals surface area contributed by atoms with Gasteiger partial charge in [-0.25, -0.2) is 14.4 Å². The third-order valence-electron chi connectivity index (χ3n) is 2.89. The molecule has 0 fully saturated rings. The van der Waals surface area contributed by atoms with Gasteiger partial charge in [-0.1, -0.05) is 30.7 Å². The lowest BCUT2D eigenvalue weighted by atomic mass is 10.0. The summed E-state index contributed by atoms with van der Waals surface area (Å²) in [5.74, 6) is -0.357. The number of hydrogen-bond donors (Lipinski definition) is 1. The lowest BCUT2D eigenvalue weighted by Gasteiger charge is -2.18. The third kappa shape index (κ3) is 3.49. The second-order valence-corrected chi connectivity index (χ2v) is 4.61. The molecule has 1 atom stereocenters. The van der Waals surface area contributed by atoms with Crippen LogP contribution in [0.3, 0.4) is 0 Å². The summed E-state index contributed by atoms with van der Waals surface area (Å²) in [6.45, 7) is 2.78. The number of halogens is 2. The summed E-state index contributed by atoms with van der Waals surface area (Å²) in [4.78, 5) is 8.00. The summed E-state index contributed by atoms with van der Waals surface area (Å²) in [5, 5.41) is 3.45. The SMILES string of the molecule is CCNC(Cc1cccc(Cl)c1F)c1cncnc1. The van der Waals surface area contributed by atoms with Crippen molar-refractivity contribution in [3.63, 3.8) is 0 Å². The predicted molar refractivity (Wildman–Crippen MR) is 73.6 cm³/mol. The normalized spacial score (nSPS) is 12.4. The molecule has 1 N–H and O–H groups in total. The molecule has 1 heterocycles. The Bertz CT molecular complexity index is 533. The number of likely N-dealkylation sites (N-methyl/N-ethyl adjacent to an activating group) is 1. The van der Waals surface area contributed by atoms with Crippen LogP contribution in [0.4, 0.5) is 4.39 Å². The van der Waals surface area contributed by atoms with Crippen LogP contribution in [-0.2, 0) is 6.42 Å². The number of hydrogen-bond acceptors (Lipinski definition) is 3. The second-order valence-electron chi connectivity index (χ2n) is 4.20. The van der Waals surface area contributed by atoms with Crippen LogP contribution in [0.1, 0.15) is 24.1 Å². The Kier molecular flexibility index (Phi) is 4.82. The maximum absolute atomic E-state index is 13.9. The standard InChI is InChI=1S/C14H15ClFN3/c1-2-19-13(11-7-17-9-18-8-11)6-10-4-3-5-12(15)14(10)16/h3-5,7-9,13,19H,2,6H2,1H3. The molecule has 100 valence electrons. The van der Waals surface area contributed by atoms with Crippen LogP contribution in [0, 0.1) is 5.82 Å². The van der Waals surface area contributed by atoms with Crippen LogP contribution < -0.4 is 5.32 Å². The van der Waals surface area contributed by atoms with Crippen molar-refractivity contribution in [2.75, 3.05) is 6.54 Å². The van der Waals surface area contributed by atoms with E-state index >= 15 is 0 Å². The second kappa shape index (κ2) is 6.59. The van der Waals surface area contributed by atoms with Crippen molar-refractivity contribution in [3.8, 4) is 0 Å². The molecule has 2 rings (SSSR count). The average molecular weight is 280 g/mol. The van der Waals surface area contributed by atoms with Crippen molar-refractivity contribution in [3.05, 3.63) is 58.9 Å². The van der Waals surface area contributed by atoms with Crippen molar-refractivity contribution in [1.29, 1.82) is 0 Å². The van der Waals surface area contributed by atoms with Crippen LogP contribution in [0.15, 0.2) is 36.9 Å². The molecule has 0 aliphatic carbocycles. The molecule has 0 aliphatic heterocycles. The average Bonchev–Trinajstić information content (AvgIpc) is 2.44. The fourth-order valence-corrected chi connectivity index (χ4v) is 2.16. The van der Waals surface area contributed by atoms with Gasteiger partial charge >= 0.3 is 0 Å². The third-order valence-corrected chi connectivity index (χ3v) is 3.18. The van der Waals surface area contributed by atoms with E-state index in [9.17, 15) is 4.39 Å². The summed E-state index contributed by atoms with van der Waals surface area (Å²) in [7, 11) is 0. The molecule has 0 saturated carbocycles. The molecule has 19 heavy (non-hydrogen) atoms. The molecular formula is C14H15ClFN3. The quantitative estimate of drug-likeness (QED) is 0.914. The summed E-state index contributed by atoms with van der Waals surface area (Å²) in [6, 6.07) is 5.02. The van der Waals surface area contributed by atoms with E-state index in [2.05, 4.69) is 15.3 Å². The van der Waals surface area contributed by atoms with E-state index in [1.165, 1.54) is 6.33 Å². The van der Waals surface area contributed by atoms with Crippen molar-refractivity contribution in [1.82, 2.24) is 15.3 Å². The first-order valence-electron chi connectivity index (χ1n) is 6.13. The van der Waals surface area contributed by atoms with Gasteiger partial charge in [0.05, 0.1) is 5.02 Å². The van der Waals surface area contributed by atoms with E-state index < -0.39 is 0 Å². The minimum atomic E-state index is -0.357. The molecule has 2 aromatic rings. The molecule has 0 radical (unpaired) electrons. The zero-order valence-corrected chi connectivity index (χ0v) is 11.4. The Morgan fingerprint density at radius 1 is 1.32 bits per heavy atom. The number of nitrogens with zero attached hydrogens (tertiary/aromatic N) is 2. The summed E-state index contributed by atoms with van der Waals surface area (Å²) in [5.41, 5.74) is 1.52. The maximum Gasteiger partial charge on any atom is 0.145 e. The highest BCUT2D eigenvalue weighted by molar-refractivity contribution is 6.30. The predicted octanol–water partition coefficient (Wildman–Crippen LogP) is 3.16. The summed E-state index contributed by atoms with van der Waals surface area (Å²) >= 11 is 5.80. The number of rotatable bonds is 5. The van der Waals surface area contributed by atoms with Gasteiger partial charge in [0.2, 0.25) is 0 Å². The fourth-order valence-electron chi connectivity index (χ4n) is 1.97. The zero-order chi connectivity index (χ0) is 13.7. The molecule has 5 heteroatoms. The van der Waals surface area contributed by atoms with Gasteiger partial charge in [-0.2, -0.15) is 0 Å². The van der Waals surface area contributed by atoms with E-state index in [0.717, 1.165) is 12.1 Å². The zero-order valence-electron chi connectivity index (χ0n) is 10.6. The van der Waals surface area contributed by atoms with Crippen LogP contribution in [0.5, 0.6) is 0 Å². The molecule has 3 nitrogen and oxygen atoms in total. The molecule has 1 aromatic carbocycles. The number of aromatic nitrogens is 2. The van der Waals surface area contributed by atoms with Crippen molar-refractivity contribution in [2.45, 2.75) is 19.4 Å². The van der Waals surface area contributed by atoms with E-state index in [4.69, 9.17) is 11.6 Å². The minimum Gasteiger partial charge on any atom is -0.310 e. The highest BCUT2D eigenvalue weighted by Gasteiger charge is 2.15. The molecule has 0 saturated heterocycles. The summed E-state index contributed by atoms with van der Waals surface area (Å²) < 4.78 is 13.9. The molecular weight excluding hydrogens is 265 g/mol. The smallest absolute Gasteiger partial charge is 0.145 e. The fraction of sp³-hybridized carbons (Fsp3) is 0.286. The molecule has 1 aromatic heterocycles. The maximum atomic E-state index is 13.9. The monoisotopic (exact) mass is 279 g/mol. The van der Waals surface area contributed by atoms with E-state index in [1.54, 1.807) is 30.6 Å². The minimum absolute atomic E-state index is 0.0285. The first kappa shape index (κ1) is 13.9. The van der Waals surface area contributed by atoms with Gasteiger partial charge in [-0.05, 0) is 24.6 Å². The molecule has 0 aliphatic rings. The van der Waals surface area contributed by atoms with Gasteiger partial charge in [0.1, 0.15) is 12.1 Å². The van der Waals surface area contributed by atoms with Gasteiger partial charge in [-0.15, -0.1) is 0 Å². The van der Waals surface area contributed by atoms with Gasteiger partial charge in [0.25, 0.3) is 0 Å². The lowest BCUT2D eigenvalue weighted by Crippen LogP contribution is -2.23. The van der Waals surface area contributed by atoms with Gasteiger partial charge < -0.3 is 5.32 Å². The number of nitrogens with one attached hydrogen (secondary N) is 1. The first-order chi connectivity index (χ1) is 9.22. The van der Waals surface area contributed by atoms with Crippen LogP contribution in [0.2, 0.25) is 5.02 Å². The van der Waals surface area contributed by atoms with Crippen LogP contribution in [0.25, 0.3) is 0 Å². The topological polar surface area (TPSA) is 37.8 Å². The van der Waals surface area contributed by atoms with Gasteiger partial charge in [0.15, 0.2) is 0 Å². The van der Waals surface area contributed by atoms with Crippen LogP contribution >= 0.6 is 11.6 Å². The molecule has 0 spiro atoms. The largest absolute Gasteiger partial charge is 0.310 e. The Morgan fingerprint density at radius 2 is 2.05 bits per heavy atom. The van der Waals surface area contributed by atoms with Gasteiger partial charge in [-0.3, -0.25) is 0 Å². The highest BCUT2D eigenvalue weighted by Crippen LogP contribution is 2.23. The van der Waals surface area contributed by atoms with Gasteiger partial charge in [0, 0.05) is 24.0 Å². The Morgan fingerprint density at radius 3 is 2.74 bits per heavy atom. The first-order valence-corrected chi connectivity index (χ1v) is 6.51. The molecule has 1 unspecified atom stereocenters. The number of benzene rings is 1. The molecule has 0 amide bonds. The van der Waals surface area contributed by atoms with Crippen molar-refractivity contribution in [2.24, 2.45) is 0 Å². The van der Waals surface area contributed by atoms with E-state index in [-0.39, 0.29) is 16.9 Å². The van der Waals surface area contributed by atoms with E-state index in [1.807, 2.05) is 6.92 Å². The Hall–Kier alpha value is -1.52. The Balaban J connectivity index is 2.24. The van der Waals surface area contributed by atoms with E-state index in [0.29, 0.717) is 12.0 Å².